The van der Waals surface area contributed by atoms with E-state index < -0.39 is 67.9 Å². The predicted octanol–water partition coefficient (Wildman–Crippen LogP) is 3.61. The van der Waals surface area contributed by atoms with E-state index in [0.717, 1.165) is 22.4 Å². The number of carbonyl (C=O) groups excluding carboxylic acids is 3. The quantitative estimate of drug-likeness (QED) is 0.295. The van der Waals surface area contributed by atoms with E-state index >= 15 is 0 Å². The van der Waals surface area contributed by atoms with Crippen molar-refractivity contribution >= 4 is 23.7 Å². The zero-order valence-corrected chi connectivity index (χ0v) is 23.7. The van der Waals surface area contributed by atoms with Crippen LogP contribution in [0.5, 0.6) is 0 Å². The van der Waals surface area contributed by atoms with Gasteiger partial charge in [-0.1, -0.05) is 19.8 Å². The molecule has 2 fully saturated rings. The molecule has 0 radical (unpaired) electrons. The lowest BCUT2D eigenvalue weighted by molar-refractivity contribution is -0.206. The number of aliphatic hydroxyl groups excluding tert-OH is 1. The summed E-state index contributed by atoms with van der Waals surface area (Å²) in [5, 5.41) is 20.4. The van der Waals surface area contributed by atoms with Crippen LogP contribution in [0.2, 0.25) is 0 Å². The minimum atomic E-state index is -4.82. The molecule has 2 aromatic heterocycles. The molecule has 3 heterocycles. The highest BCUT2D eigenvalue weighted by molar-refractivity contribution is 6.00. The van der Waals surface area contributed by atoms with Crippen LogP contribution in [0.25, 0.3) is 0 Å². The minimum absolute atomic E-state index is 0.0501. The topological polar surface area (TPSA) is 141 Å². The number of rotatable bonds is 10. The maximum atomic E-state index is 13.5. The number of aromatic nitrogens is 3. The fourth-order valence-electron chi connectivity index (χ4n) is 5.32. The first-order valence-electron chi connectivity index (χ1n) is 14.1. The fraction of sp³-hybridized carbons (Fsp3) is 0.593. The van der Waals surface area contributed by atoms with Crippen molar-refractivity contribution in [1.82, 2.24) is 30.3 Å². The van der Waals surface area contributed by atoms with Crippen LogP contribution in [0.15, 0.2) is 30.6 Å². The van der Waals surface area contributed by atoms with Gasteiger partial charge in [0.1, 0.15) is 23.6 Å². The molecule has 44 heavy (non-hydrogen) atoms. The summed E-state index contributed by atoms with van der Waals surface area (Å²) in [4.78, 5) is 43.9. The maximum Gasteiger partial charge on any atom is 0.414 e. The summed E-state index contributed by atoms with van der Waals surface area (Å²) in [5.74, 6) is -1.16. The molecule has 1 saturated carbocycles. The van der Waals surface area contributed by atoms with Gasteiger partial charge in [0.05, 0.1) is 6.54 Å². The van der Waals surface area contributed by atoms with Gasteiger partial charge < -0.3 is 26.0 Å². The van der Waals surface area contributed by atoms with E-state index in [1.54, 1.807) is 0 Å². The third-order valence-corrected chi connectivity index (χ3v) is 7.87. The molecule has 0 aromatic carbocycles. The second-order valence-corrected chi connectivity index (χ2v) is 11.2. The number of hydrogen-bond donors (Lipinski definition) is 4. The molecule has 242 valence electrons. The number of pyridine rings is 1. The van der Waals surface area contributed by atoms with Crippen LogP contribution < -0.4 is 16.0 Å². The Hall–Kier alpha value is -3.89. The summed E-state index contributed by atoms with van der Waals surface area (Å²) >= 11 is 0. The van der Waals surface area contributed by atoms with Gasteiger partial charge in [0.15, 0.2) is 6.10 Å². The monoisotopic (exact) mass is 633 g/mol. The number of hydrogen-bond acceptors (Lipinski definition) is 6. The van der Waals surface area contributed by atoms with E-state index in [0.29, 0.717) is 24.3 Å². The second kappa shape index (κ2) is 13.4. The van der Waals surface area contributed by atoms with E-state index in [1.807, 2.05) is 5.32 Å². The van der Waals surface area contributed by atoms with Gasteiger partial charge in [0.2, 0.25) is 5.91 Å². The highest BCUT2D eigenvalue weighted by atomic mass is 19.4. The van der Waals surface area contributed by atoms with Gasteiger partial charge >= 0.3 is 18.4 Å². The largest absolute Gasteiger partial charge is 0.414 e. The highest BCUT2D eigenvalue weighted by Gasteiger charge is 2.46. The lowest BCUT2D eigenvalue weighted by Gasteiger charge is -2.32. The number of nitrogens with one attached hydrogen (secondary N) is 3. The zero-order valence-electron chi connectivity index (χ0n) is 23.7. The molecule has 1 saturated heterocycles. The third-order valence-electron chi connectivity index (χ3n) is 7.87. The molecule has 0 bridgehead atoms. The van der Waals surface area contributed by atoms with Crippen molar-refractivity contribution in [3.05, 3.63) is 41.9 Å². The number of nitrogens with zero attached hydrogens (tertiary/aromatic N) is 4. The minimum Gasteiger partial charge on any atom is -0.384 e. The number of aryl methyl sites for hydroxylation is 1. The van der Waals surface area contributed by atoms with E-state index in [-0.39, 0.29) is 24.0 Å². The van der Waals surface area contributed by atoms with Crippen molar-refractivity contribution in [1.29, 1.82) is 0 Å². The summed E-state index contributed by atoms with van der Waals surface area (Å²) in [5.41, 5.74) is 0.313. The molecule has 17 heteroatoms. The van der Waals surface area contributed by atoms with Crippen LogP contribution in [0, 0.1) is 11.8 Å². The van der Waals surface area contributed by atoms with Crippen molar-refractivity contribution in [3.63, 3.8) is 0 Å². The molecule has 2 aromatic rings. The van der Waals surface area contributed by atoms with Gasteiger partial charge in [-0.3, -0.25) is 14.3 Å². The number of alkyl halides is 6. The van der Waals surface area contributed by atoms with E-state index in [1.165, 1.54) is 30.6 Å². The summed E-state index contributed by atoms with van der Waals surface area (Å²) < 4.78 is 78.4. The number of anilines is 1. The first-order valence-corrected chi connectivity index (χ1v) is 14.1. The van der Waals surface area contributed by atoms with E-state index in [2.05, 4.69) is 27.6 Å². The standard InChI is InChI=1S/C27H33F6N7O4/c1-15-2-4-17(5-3-15)22(38-23(42)18-7-10-35-40(18)11-8-20(41)27(31,32)33)24(43)37-21-12-16(6-9-34-21)13-39-14-19(26(28,29)30)36-25(39)44/h6-7,9-10,12,15,17,19-20,22,41H,2-5,8,11,13-14H2,1H3,(H,36,44)(H,38,42)(H,34,37,43)/t15?,17?,19-,20?,22-/m0/s1. The Morgan fingerprint density at radius 2 is 1.82 bits per heavy atom. The fourth-order valence-corrected chi connectivity index (χ4v) is 5.32. The molecule has 4 amide bonds. The summed E-state index contributed by atoms with van der Waals surface area (Å²) in [6, 6.07) is 0.260. The molecule has 4 N–H and O–H groups in total. The summed E-state index contributed by atoms with van der Waals surface area (Å²) in [7, 11) is 0. The summed E-state index contributed by atoms with van der Waals surface area (Å²) in [6.07, 6.45) is -7.35. The average Bonchev–Trinajstić information content (AvgIpc) is 3.57. The van der Waals surface area contributed by atoms with Crippen LogP contribution >= 0.6 is 0 Å². The molecule has 4 rings (SSSR count). The smallest absolute Gasteiger partial charge is 0.384 e. The van der Waals surface area contributed by atoms with Crippen molar-refractivity contribution in [2.45, 2.75) is 82.7 Å². The third kappa shape index (κ3) is 8.39. The Labute approximate surface area is 248 Å². The van der Waals surface area contributed by atoms with Crippen molar-refractivity contribution in [2.24, 2.45) is 11.8 Å². The van der Waals surface area contributed by atoms with Gasteiger partial charge in [-0.05, 0) is 48.4 Å². The Bertz CT molecular complexity index is 1330. The number of urea groups is 1. The molecule has 1 aliphatic carbocycles. The van der Waals surface area contributed by atoms with E-state index in [4.69, 9.17) is 0 Å². The summed E-state index contributed by atoms with van der Waals surface area (Å²) in [6.45, 7) is 0.929. The molecule has 0 spiro atoms. The molecular weight excluding hydrogens is 600 g/mol. The van der Waals surface area contributed by atoms with Crippen molar-refractivity contribution < 1.29 is 45.8 Å². The Morgan fingerprint density at radius 1 is 1.11 bits per heavy atom. The first kappa shape index (κ1) is 33.0. The number of carbonyl (C=O) groups is 3. The lowest BCUT2D eigenvalue weighted by atomic mass is 9.79. The predicted molar refractivity (Wildman–Crippen MR) is 143 cm³/mol. The van der Waals surface area contributed by atoms with Crippen LogP contribution in [-0.4, -0.2) is 79.7 Å². The molecule has 11 nitrogen and oxygen atoms in total. The van der Waals surface area contributed by atoms with Crippen LogP contribution in [0.3, 0.4) is 0 Å². The van der Waals surface area contributed by atoms with Crippen LogP contribution in [-0.2, 0) is 17.9 Å². The number of halogens is 6. The van der Waals surface area contributed by atoms with Gasteiger partial charge in [-0.25, -0.2) is 9.78 Å². The number of aliphatic hydroxyl groups is 1. The van der Waals surface area contributed by atoms with Crippen LogP contribution in [0.1, 0.15) is 55.1 Å². The second-order valence-electron chi connectivity index (χ2n) is 11.2. The molecule has 3 atom stereocenters. The number of amides is 4. The van der Waals surface area contributed by atoms with Crippen molar-refractivity contribution in [2.75, 3.05) is 11.9 Å². The van der Waals surface area contributed by atoms with Gasteiger partial charge in [-0.2, -0.15) is 31.4 Å². The van der Waals surface area contributed by atoms with Gasteiger partial charge in [-0.15, -0.1) is 0 Å². The SMILES string of the molecule is CC1CCC([C@H](NC(=O)c2ccnn2CCC(O)C(F)(F)F)C(=O)Nc2cc(CN3C[C@@H](C(F)(F)F)NC3=O)ccn2)CC1. The van der Waals surface area contributed by atoms with Crippen molar-refractivity contribution in [3.8, 4) is 0 Å². The molecule has 1 aliphatic heterocycles. The highest BCUT2D eigenvalue weighted by Crippen LogP contribution is 2.31. The lowest BCUT2D eigenvalue weighted by Crippen LogP contribution is -2.49. The van der Waals surface area contributed by atoms with Gasteiger partial charge in [0.25, 0.3) is 5.91 Å². The first-order chi connectivity index (χ1) is 20.6. The Kier molecular flexibility index (Phi) is 10.1. The maximum absolute atomic E-state index is 13.5. The Morgan fingerprint density at radius 3 is 2.45 bits per heavy atom. The molecule has 2 aliphatic rings. The molecule has 1 unspecified atom stereocenters. The Balaban J connectivity index is 1.46. The van der Waals surface area contributed by atoms with Crippen LogP contribution in [0.4, 0.5) is 37.0 Å². The van der Waals surface area contributed by atoms with Gasteiger partial charge in [0, 0.05) is 31.9 Å². The zero-order chi connectivity index (χ0) is 32.2. The molecular formula is C27H33F6N7O4. The normalized spacial score (nSPS) is 22.3. The van der Waals surface area contributed by atoms with E-state index in [9.17, 15) is 45.8 Å². The average molecular weight is 634 g/mol.